The number of hydrogen-bond donors (Lipinski definition) is 3. The average Bonchev–Trinajstić information content (AvgIpc) is 2.63. The highest BCUT2D eigenvalue weighted by Crippen LogP contribution is 2.30. The molecule has 0 aliphatic rings. The summed E-state index contributed by atoms with van der Waals surface area (Å²) in [4.78, 5) is 27.1. The van der Waals surface area contributed by atoms with Crippen molar-refractivity contribution in [3.63, 3.8) is 0 Å². The van der Waals surface area contributed by atoms with Crippen molar-refractivity contribution in [2.45, 2.75) is 20.3 Å². The van der Waals surface area contributed by atoms with E-state index in [2.05, 4.69) is 15.6 Å². The van der Waals surface area contributed by atoms with Crippen molar-refractivity contribution in [3.05, 3.63) is 47.7 Å². The van der Waals surface area contributed by atoms with Crippen molar-refractivity contribution in [2.24, 2.45) is 0 Å². The fourth-order valence-corrected chi connectivity index (χ4v) is 2.95. The lowest BCUT2D eigenvalue weighted by Crippen LogP contribution is -2.27. The Morgan fingerprint density at radius 3 is 2.46 bits per heavy atom. The van der Waals surface area contributed by atoms with Gasteiger partial charge in [0.1, 0.15) is 17.3 Å². The molecule has 28 heavy (non-hydrogen) atoms. The zero-order valence-corrected chi connectivity index (χ0v) is 15.8. The summed E-state index contributed by atoms with van der Waals surface area (Å²) in [5.41, 5.74) is -1.08. The van der Waals surface area contributed by atoms with Gasteiger partial charge in [-0.05, 0) is 30.7 Å². The molecule has 0 fully saturated rings. The summed E-state index contributed by atoms with van der Waals surface area (Å²) in [6.45, 7) is 3.07. The van der Waals surface area contributed by atoms with Crippen molar-refractivity contribution >= 4 is 40.3 Å². The Kier molecular flexibility index (Phi) is 7.12. The number of nitrogens with one attached hydrogen (secondary N) is 2. The second-order valence-electron chi connectivity index (χ2n) is 5.66. The number of amides is 2. The topological polar surface area (TPSA) is 112 Å². The number of anilines is 3. The highest BCUT2D eigenvalue weighted by Gasteiger charge is 2.22. The lowest BCUT2D eigenvalue weighted by molar-refractivity contribution is -0.114. The zero-order valence-electron chi connectivity index (χ0n) is 15.0. The Labute approximate surface area is 162 Å². The van der Waals surface area contributed by atoms with Gasteiger partial charge in [0.15, 0.2) is 5.82 Å². The van der Waals surface area contributed by atoms with E-state index in [1.807, 2.05) is 0 Å². The van der Waals surface area contributed by atoms with Crippen LogP contribution in [0.4, 0.5) is 26.0 Å². The van der Waals surface area contributed by atoms with Crippen molar-refractivity contribution in [3.8, 4) is 0 Å². The van der Waals surface area contributed by atoms with Gasteiger partial charge in [-0.25, -0.2) is 18.0 Å². The monoisotopic (exact) mass is 412 g/mol. The maximum Gasteiger partial charge on any atom is 0.261 e. The molecular formula is C17H18F2N4O4S. The SMILES string of the molecule is CCCN(c1ccc(F)c(NC(=O)c2ccc(NC(C)=O)nc2)c1F)S(=O)O. The molecule has 0 spiro atoms. The van der Waals surface area contributed by atoms with Gasteiger partial charge in [-0.2, -0.15) is 0 Å². The number of nitrogens with zero attached hydrogens (tertiary/aromatic N) is 2. The van der Waals surface area contributed by atoms with Crippen LogP contribution in [0.15, 0.2) is 30.5 Å². The average molecular weight is 412 g/mol. The predicted octanol–water partition coefficient (Wildman–Crippen LogP) is 2.92. The highest BCUT2D eigenvalue weighted by atomic mass is 32.2. The molecule has 1 unspecified atom stereocenters. The summed E-state index contributed by atoms with van der Waals surface area (Å²) >= 11 is -2.52. The molecule has 0 aliphatic carbocycles. The number of aromatic nitrogens is 1. The van der Waals surface area contributed by atoms with Crippen LogP contribution in [0.3, 0.4) is 0 Å². The van der Waals surface area contributed by atoms with Crippen LogP contribution in [0.25, 0.3) is 0 Å². The van der Waals surface area contributed by atoms with Crippen molar-refractivity contribution in [2.75, 3.05) is 21.5 Å². The van der Waals surface area contributed by atoms with Gasteiger partial charge < -0.3 is 10.6 Å². The van der Waals surface area contributed by atoms with Crippen molar-refractivity contribution in [1.82, 2.24) is 4.98 Å². The Balaban J connectivity index is 2.30. The maximum atomic E-state index is 14.7. The summed E-state index contributed by atoms with van der Waals surface area (Å²) < 4.78 is 50.5. The van der Waals surface area contributed by atoms with Gasteiger partial charge in [-0.15, -0.1) is 0 Å². The third-order valence-corrected chi connectivity index (χ3v) is 4.28. The molecule has 150 valence electrons. The van der Waals surface area contributed by atoms with Crippen LogP contribution in [-0.2, 0) is 16.1 Å². The molecule has 0 saturated heterocycles. The molecule has 1 aromatic heterocycles. The van der Waals surface area contributed by atoms with Crippen LogP contribution in [0.1, 0.15) is 30.6 Å². The van der Waals surface area contributed by atoms with E-state index < -0.39 is 34.5 Å². The summed E-state index contributed by atoms with van der Waals surface area (Å²) in [6.07, 6.45) is 1.57. The summed E-state index contributed by atoms with van der Waals surface area (Å²) in [5, 5.41) is 4.53. The molecule has 1 heterocycles. The Morgan fingerprint density at radius 1 is 1.21 bits per heavy atom. The molecule has 1 atom stereocenters. The molecule has 0 radical (unpaired) electrons. The Bertz CT molecular complexity index is 909. The Morgan fingerprint density at radius 2 is 1.93 bits per heavy atom. The first-order valence-electron chi connectivity index (χ1n) is 8.16. The van der Waals surface area contributed by atoms with Gasteiger partial charge in [0, 0.05) is 19.7 Å². The number of benzene rings is 1. The van der Waals surface area contributed by atoms with E-state index in [0.717, 1.165) is 22.6 Å². The number of rotatable bonds is 7. The number of pyridine rings is 1. The standard InChI is InChI=1S/C17H18F2N4O4S/c1-3-8-23(28(26)27)13-6-5-12(18)16(15(13)19)22-17(25)11-4-7-14(20-9-11)21-10(2)24/h4-7,9H,3,8H2,1-2H3,(H,22,25)(H,26,27)(H,20,21,24). The minimum atomic E-state index is -2.52. The van der Waals surface area contributed by atoms with E-state index in [4.69, 9.17) is 0 Å². The third-order valence-electron chi connectivity index (χ3n) is 3.52. The molecule has 2 aromatic rings. The second kappa shape index (κ2) is 9.33. The number of halogens is 2. The van der Waals surface area contributed by atoms with Crippen LogP contribution in [0.2, 0.25) is 0 Å². The second-order valence-corrected chi connectivity index (χ2v) is 6.56. The quantitative estimate of drug-likeness (QED) is 0.606. The molecular weight excluding hydrogens is 394 g/mol. The van der Waals surface area contributed by atoms with E-state index in [1.54, 1.807) is 6.92 Å². The number of hydrogen-bond acceptors (Lipinski definition) is 4. The smallest absolute Gasteiger partial charge is 0.261 e. The van der Waals surface area contributed by atoms with Crippen LogP contribution < -0.4 is 14.9 Å². The number of carbonyl (C=O) groups excluding carboxylic acids is 2. The van der Waals surface area contributed by atoms with E-state index in [1.165, 1.54) is 19.1 Å². The molecule has 0 aliphatic heterocycles. The summed E-state index contributed by atoms with van der Waals surface area (Å²) in [7, 11) is 0. The van der Waals surface area contributed by atoms with E-state index in [-0.39, 0.29) is 29.5 Å². The molecule has 0 saturated carbocycles. The highest BCUT2D eigenvalue weighted by molar-refractivity contribution is 7.80. The minimum absolute atomic E-state index is 0.00514. The first kappa shape index (κ1) is 21.4. The van der Waals surface area contributed by atoms with E-state index in [0.29, 0.717) is 6.42 Å². The number of carbonyl (C=O) groups is 2. The molecule has 11 heteroatoms. The van der Waals surface area contributed by atoms with Gasteiger partial charge in [0.25, 0.3) is 17.2 Å². The van der Waals surface area contributed by atoms with Crippen LogP contribution in [-0.4, -0.2) is 32.1 Å². The fraction of sp³-hybridized carbons (Fsp3) is 0.235. The van der Waals surface area contributed by atoms with Crippen LogP contribution in [0.5, 0.6) is 0 Å². The largest absolute Gasteiger partial charge is 0.317 e. The van der Waals surface area contributed by atoms with Gasteiger partial charge in [-0.1, -0.05) is 6.92 Å². The van der Waals surface area contributed by atoms with Crippen LogP contribution >= 0.6 is 0 Å². The maximum absolute atomic E-state index is 14.7. The lowest BCUT2D eigenvalue weighted by Gasteiger charge is -2.21. The van der Waals surface area contributed by atoms with Gasteiger partial charge in [0.2, 0.25) is 5.91 Å². The molecule has 1 aromatic carbocycles. The van der Waals surface area contributed by atoms with E-state index in [9.17, 15) is 27.1 Å². The third kappa shape index (κ3) is 5.08. The molecule has 8 nitrogen and oxygen atoms in total. The molecule has 2 amide bonds. The van der Waals surface area contributed by atoms with Crippen LogP contribution in [0, 0.1) is 11.6 Å². The molecule has 3 N–H and O–H groups in total. The zero-order chi connectivity index (χ0) is 20.8. The van der Waals surface area contributed by atoms with Crippen molar-refractivity contribution in [1.29, 1.82) is 0 Å². The molecule has 0 bridgehead atoms. The Hall–Kier alpha value is -2.92. The fourth-order valence-electron chi connectivity index (χ4n) is 2.30. The van der Waals surface area contributed by atoms with Gasteiger partial charge in [0.05, 0.1) is 11.3 Å². The first-order chi connectivity index (χ1) is 13.2. The summed E-state index contributed by atoms with van der Waals surface area (Å²) in [5.74, 6) is -3.19. The molecule has 2 rings (SSSR count). The van der Waals surface area contributed by atoms with Crippen molar-refractivity contribution < 1.29 is 27.1 Å². The summed E-state index contributed by atoms with van der Waals surface area (Å²) in [6, 6.07) is 4.59. The van der Waals surface area contributed by atoms with Gasteiger partial charge in [-0.3, -0.25) is 18.4 Å². The van der Waals surface area contributed by atoms with E-state index >= 15 is 0 Å². The lowest BCUT2D eigenvalue weighted by atomic mass is 10.2. The normalized spacial score (nSPS) is 11.6. The van der Waals surface area contributed by atoms with Gasteiger partial charge >= 0.3 is 0 Å². The predicted molar refractivity (Wildman–Crippen MR) is 101 cm³/mol. The first-order valence-corrected chi connectivity index (χ1v) is 9.22. The minimum Gasteiger partial charge on any atom is -0.317 e.